The Bertz CT molecular complexity index is 1140. The average molecular weight is 432 g/mol. The molecule has 1 atom stereocenters. The summed E-state index contributed by atoms with van der Waals surface area (Å²) in [5, 5.41) is 15.3. The number of nitro benzene ring substituents is 1. The van der Waals surface area contributed by atoms with Crippen LogP contribution >= 0.6 is 0 Å². The number of hydrogen-bond donors (Lipinski definition) is 2. The highest BCUT2D eigenvalue weighted by atomic mass is 19.4. The minimum absolute atomic E-state index is 0.288. The molecule has 0 spiro atoms. The molecule has 4 rings (SSSR count). The Labute approximate surface area is 175 Å². The van der Waals surface area contributed by atoms with Gasteiger partial charge in [0, 0.05) is 60.5 Å². The van der Waals surface area contributed by atoms with Crippen LogP contribution in [0.4, 0.5) is 18.9 Å². The number of benzene rings is 2. The lowest BCUT2D eigenvalue weighted by molar-refractivity contribution is -0.385. The SMILES string of the molecule is O=C(c1cc([N+](=O)[O-])cc(C(F)(F)F)c1)N1CCNCC1Cc1c[nH]c2ccccc12. The van der Waals surface area contributed by atoms with Crippen molar-refractivity contribution in [2.24, 2.45) is 0 Å². The molecule has 1 aliphatic heterocycles. The third kappa shape index (κ3) is 4.24. The number of amides is 1. The van der Waals surface area contributed by atoms with E-state index in [1.54, 1.807) is 0 Å². The number of carbonyl (C=O) groups is 1. The molecule has 162 valence electrons. The van der Waals surface area contributed by atoms with Crippen LogP contribution in [-0.2, 0) is 12.6 Å². The van der Waals surface area contributed by atoms with Crippen LogP contribution in [0.3, 0.4) is 0 Å². The number of H-pyrrole nitrogens is 1. The van der Waals surface area contributed by atoms with Crippen LogP contribution in [0.25, 0.3) is 10.9 Å². The standard InChI is InChI=1S/C21H19F3N4O3/c22-21(23,24)15-7-13(8-16(10-15)28(30)31)20(29)27-6-5-25-12-17(27)9-14-11-26-19-4-2-1-3-18(14)19/h1-4,7-8,10-11,17,25-26H,5-6,9,12H2. The molecule has 1 fully saturated rings. The second-order valence-corrected chi connectivity index (χ2v) is 7.44. The smallest absolute Gasteiger partial charge is 0.361 e. The van der Waals surface area contributed by atoms with E-state index in [0.29, 0.717) is 31.6 Å². The fourth-order valence-electron chi connectivity index (χ4n) is 3.93. The zero-order valence-corrected chi connectivity index (χ0v) is 16.3. The molecule has 2 N–H and O–H groups in total. The normalized spacial score (nSPS) is 17.1. The lowest BCUT2D eigenvalue weighted by atomic mass is 10.0. The molecule has 1 amide bonds. The van der Waals surface area contributed by atoms with Gasteiger partial charge < -0.3 is 15.2 Å². The predicted molar refractivity (Wildman–Crippen MR) is 108 cm³/mol. The summed E-state index contributed by atoms with van der Waals surface area (Å²) in [5.74, 6) is -0.652. The Kier molecular flexibility index (Phi) is 5.40. The van der Waals surface area contributed by atoms with E-state index in [-0.39, 0.29) is 18.2 Å². The number of halogens is 3. The maximum atomic E-state index is 13.2. The van der Waals surface area contributed by atoms with Crippen molar-refractivity contribution in [1.29, 1.82) is 0 Å². The summed E-state index contributed by atoms with van der Waals surface area (Å²) in [5.41, 5.74) is -0.382. The highest BCUT2D eigenvalue weighted by Gasteiger charge is 2.35. The molecule has 0 saturated carbocycles. The van der Waals surface area contributed by atoms with Gasteiger partial charge in [-0.3, -0.25) is 14.9 Å². The Balaban J connectivity index is 1.66. The highest BCUT2D eigenvalue weighted by molar-refractivity contribution is 5.95. The Morgan fingerprint density at radius 2 is 2.00 bits per heavy atom. The van der Waals surface area contributed by atoms with Gasteiger partial charge in [0.2, 0.25) is 0 Å². The minimum Gasteiger partial charge on any atom is -0.361 e. The van der Waals surface area contributed by atoms with Gasteiger partial charge in [0.15, 0.2) is 0 Å². The number of fused-ring (bicyclic) bond motifs is 1. The summed E-state index contributed by atoms with van der Waals surface area (Å²) in [6, 6.07) is 9.42. The number of nitrogens with one attached hydrogen (secondary N) is 2. The summed E-state index contributed by atoms with van der Waals surface area (Å²) >= 11 is 0. The largest absolute Gasteiger partial charge is 0.416 e. The number of hydrogen-bond acceptors (Lipinski definition) is 4. The number of para-hydroxylation sites is 1. The van der Waals surface area contributed by atoms with E-state index in [4.69, 9.17) is 0 Å². The Hall–Kier alpha value is -3.40. The summed E-state index contributed by atoms with van der Waals surface area (Å²) in [7, 11) is 0. The fraction of sp³-hybridized carbons (Fsp3) is 0.286. The van der Waals surface area contributed by atoms with Gasteiger partial charge in [0.25, 0.3) is 11.6 Å². The first kappa shape index (κ1) is 20.9. The molecule has 1 aliphatic rings. The first-order valence-electron chi connectivity index (χ1n) is 9.67. The molecule has 0 radical (unpaired) electrons. The molecule has 0 bridgehead atoms. The fourth-order valence-corrected chi connectivity index (χ4v) is 3.93. The van der Waals surface area contributed by atoms with E-state index in [1.165, 1.54) is 4.90 Å². The third-order valence-corrected chi connectivity index (χ3v) is 5.44. The van der Waals surface area contributed by atoms with Gasteiger partial charge in [-0.1, -0.05) is 18.2 Å². The van der Waals surface area contributed by atoms with Crippen LogP contribution in [0.1, 0.15) is 21.5 Å². The third-order valence-electron chi connectivity index (χ3n) is 5.44. The summed E-state index contributed by atoms with van der Waals surface area (Å²) in [6.07, 6.45) is -2.45. The number of non-ortho nitro benzene ring substituents is 1. The molecular weight excluding hydrogens is 413 g/mol. The van der Waals surface area contributed by atoms with Gasteiger partial charge in [-0.15, -0.1) is 0 Å². The lowest BCUT2D eigenvalue weighted by Gasteiger charge is -2.36. The molecular formula is C21H19F3N4O3. The van der Waals surface area contributed by atoms with Crippen molar-refractivity contribution < 1.29 is 22.9 Å². The second-order valence-electron chi connectivity index (χ2n) is 7.44. The molecule has 1 unspecified atom stereocenters. The first-order chi connectivity index (χ1) is 14.7. The van der Waals surface area contributed by atoms with E-state index >= 15 is 0 Å². The number of alkyl halides is 3. The van der Waals surface area contributed by atoms with Crippen molar-refractivity contribution >= 4 is 22.5 Å². The van der Waals surface area contributed by atoms with Crippen molar-refractivity contribution in [3.05, 3.63) is 75.5 Å². The number of piperazine rings is 1. The van der Waals surface area contributed by atoms with Gasteiger partial charge in [-0.05, 0) is 24.1 Å². The second kappa shape index (κ2) is 8.03. The van der Waals surface area contributed by atoms with Gasteiger partial charge in [-0.25, -0.2) is 0 Å². The predicted octanol–water partition coefficient (Wildman–Crippen LogP) is 3.75. The van der Waals surface area contributed by atoms with Gasteiger partial charge >= 0.3 is 6.18 Å². The van der Waals surface area contributed by atoms with E-state index in [0.717, 1.165) is 22.5 Å². The number of carbonyl (C=O) groups excluding carboxylic acids is 1. The highest BCUT2D eigenvalue weighted by Crippen LogP contribution is 2.33. The molecule has 3 aromatic rings. The molecule has 7 nitrogen and oxygen atoms in total. The zero-order valence-electron chi connectivity index (χ0n) is 16.3. The van der Waals surface area contributed by atoms with Crippen LogP contribution < -0.4 is 5.32 Å². The molecule has 31 heavy (non-hydrogen) atoms. The van der Waals surface area contributed by atoms with Crippen LogP contribution in [0.15, 0.2) is 48.7 Å². The number of rotatable bonds is 4. The summed E-state index contributed by atoms with van der Waals surface area (Å²) in [6.45, 7) is 1.24. The summed E-state index contributed by atoms with van der Waals surface area (Å²) < 4.78 is 39.7. The molecule has 1 saturated heterocycles. The Morgan fingerprint density at radius 1 is 1.23 bits per heavy atom. The number of nitrogens with zero attached hydrogens (tertiary/aromatic N) is 2. The topological polar surface area (TPSA) is 91.3 Å². The van der Waals surface area contributed by atoms with Crippen LogP contribution in [0, 0.1) is 10.1 Å². The van der Waals surface area contributed by atoms with Crippen molar-refractivity contribution in [1.82, 2.24) is 15.2 Å². The van der Waals surface area contributed by atoms with Crippen LogP contribution in [-0.4, -0.2) is 46.4 Å². The first-order valence-corrected chi connectivity index (χ1v) is 9.67. The average Bonchev–Trinajstić information content (AvgIpc) is 3.15. The van der Waals surface area contributed by atoms with Crippen LogP contribution in [0.2, 0.25) is 0 Å². The molecule has 1 aromatic heterocycles. The van der Waals surface area contributed by atoms with E-state index in [9.17, 15) is 28.1 Å². The van der Waals surface area contributed by atoms with E-state index < -0.39 is 28.3 Å². The zero-order chi connectivity index (χ0) is 22.2. The maximum absolute atomic E-state index is 13.2. The van der Waals surface area contributed by atoms with Crippen molar-refractivity contribution in [3.63, 3.8) is 0 Å². The van der Waals surface area contributed by atoms with Crippen molar-refractivity contribution in [2.75, 3.05) is 19.6 Å². The van der Waals surface area contributed by atoms with Crippen LogP contribution in [0.5, 0.6) is 0 Å². The minimum atomic E-state index is -4.80. The van der Waals surface area contributed by atoms with Gasteiger partial charge in [-0.2, -0.15) is 13.2 Å². The Morgan fingerprint density at radius 3 is 2.74 bits per heavy atom. The molecule has 0 aliphatic carbocycles. The molecule has 2 heterocycles. The quantitative estimate of drug-likeness (QED) is 0.485. The van der Waals surface area contributed by atoms with Crippen molar-refractivity contribution in [3.8, 4) is 0 Å². The monoisotopic (exact) mass is 432 g/mol. The number of aromatic amines is 1. The van der Waals surface area contributed by atoms with E-state index in [2.05, 4.69) is 10.3 Å². The van der Waals surface area contributed by atoms with Gasteiger partial charge in [0.1, 0.15) is 0 Å². The number of aromatic nitrogens is 1. The number of nitro groups is 1. The molecule has 2 aromatic carbocycles. The summed E-state index contributed by atoms with van der Waals surface area (Å²) in [4.78, 5) is 28.0. The molecule has 10 heteroatoms. The van der Waals surface area contributed by atoms with Crippen molar-refractivity contribution in [2.45, 2.75) is 18.6 Å². The van der Waals surface area contributed by atoms with E-state index in [1.807, 2.05) is 30.5 Å². The lowest BCUT2D eigenvalue weighted by Crippen LogP contribution is -2.54. The van der Waals surface area contributed by atoms with Gasteiger partial charge in [0.05, 0.1) is 10.5 Å². The maximum Gasteiger partial charge on any atom is 0.416 e.